The predicted octanol–water partition coefficient (Wildman–Crippen LogP) is 3.62. The molecule has 0 saturated carbocycles. The van der Waals surface area contributed by atoms with E-state index in [0.29, 0.717) is 18.1 Å². The molecule has 0 aromatic heterocycles. The molecule has 0 aliphatic rings. The predicted molar refractivity (Wildman–Crippen MR) is 64.4 cm³/mol. The van der Waals surface area contributed by atoms with Gasteiger partial charge >= 0.3 is 5.97 Å². The highest BCUT2D eigenvalue weighted by atomic mass is 79.9. The maximum Gasteiger partial charge on any atom is 0.338 e. The molecule has 0 radical (unpaired) electrons. The van der Waals surface area contributed by atoms with Crippen LogP contribution in [0, 0.1) is 0 Å². The molecule has 0 N–H and O–H groups in total. The summed E-state index contributed by atoms with van der Waals surface area (Å²) in [6, 6.07) is 7.09. The largest absolute Gasteiger partial charge is 0.462 e. The standard InChI is InChI=1S/C11H12BrClO2/c12-10-5-3-9(4-6-10)11(14)15-8-2-1-7-13/h3-6H,1-2,7-8H2. The van der Waals surface area contributed by atoms with Gasteiger partial charge in [-0.05, 0) is 37.1 Å². The van der Waals surface area contributed by atoms with Gasteiger partial charge in [0.05, 0.1) is 12.2 Å². The molecule has 4 heteroatoms. The molecule has 0 saturated heterocycles. The zero-order chi connectivity index (χ0) is 11.1. The molecule has 0 heterocycles. The second-order valence-electron chi connectivity index (χ2n) is 3.04. The molecule has 15 heavy (non-hydrogen) atoms. The van der Waals surface area contributed by atoms with E-state index in [1.807, 2.05) is 12.1 Å². The zero-order valence-corrected chi connectivity index (χ0v) is 10.6. The van der Waals surface area contributed by atoms with Crippen LogP contribution in [0.5, 0.6) is 0 Å². The van der Waals surface area contributed by atoms with Crippen LogP contribution in [0.2, 0.25) is 0 Å². The van der Waals surface area contributed by atoms with Crippen LogP contribution in [-0.4, -0.2) is 18.5 Å². The Morgan fingerprint density at radius 2 is 1.93 bits per heavy atom. The van der Waals surface area contributed by atoms with E-state index in [9.17, 15) is 4.79 Å². The van der Waals surface area contributed by atoms with E-state index in [2.05, 4.69) is 15.9 Å². The van der Waals surface area contributed by atoms with Crippen molar-refractivity contribution in [2.45, 2.75) is 12.8 Å². The van der Waals surface area contributed by atoms with Gasteiger partial charge in [0, 0.05) is 10.4 Å². The third kappa shape index (κ3) is 4.67. The summed E-state index contributed by atoms with van der Waals surface area (Å²) in [5.41, 5.74) is 0.573. The molecule has 1 rings (SSSR count). The van der Waals surface area contributed by atoms with Gasteiger partial charge in [-0.2, -0.15) is 0 Å². The number of rotatable bonds is 5. The first-order valence-electron chi connectivity index (χ1n) is 4.72. The molecule has 2 nitrogen and oxygen atoms in total. The maximum absolute atomic E-state index is 11.4. The Balaban J connectivity index is 2.37. The lowest BCUT2D eigenvalue weighted by Crippen LogP contribution is -2.06. The first-order valence-corrected chi connectivity index (χ1v) is 6.05. The van der Waals surface area contributed by atoms with E-state index in [1.54, 1.807) is 12.1 Å². The van der Waals surface area contributed by atoms with Gasteiger partial charge in [0.2, 0.25) is 0 Å². The smallest absolute Gasteiger partial charge is 0.338 e. The van der Waals surface area contributed by atoms with Crippen LogP contribution in [0.4, 0.5) is 0 Å². The molecule has 0 aliphatic carbocycles. The van der Waals surface area contributed by atoms with Crippen LogP contribution in [0.1, 0.15) is 23.2 Å². The molecular formula is C11H12BrClO2. The van der Waals surface area contributed by atoms with Crippen molar-refractivity contribution in [2.24, 2.45) is 0 Å². The van der Waals surface area contributed by atoms with Gasteiger partial charge in [0.15, 0.2) is 0 Å². The number of esters is 1. The summed E-state index contributed by atoms with van der Waals surface area (Å²) in [5, 5.41) is 0. The van der Waals surface area contributed by atoms with Crippen molar-refractivity contribution in [1.82, 2.24) is 0 Å². The number of carbonyl (C=O) groups is 1. The highest BCUT2D eigenvalue weighted by molar-refractivity contribution is 9.10. The summed E-state index contributed by atoms with van der Waals surface area (Å²) in [7, 11) is 0. The Morgan fingerprint density at radius 1 is 1.27 bits per heavy atom. The van der Waals surface area contributed by atoms with Gasteiger partial charge in [-0.15, -0.1) is 11.6 Å². The van der Waals surface area contributed by atoms with E-state index in [-0.39, 0.29) is 5.97 Å². The van der Waals surface area contributed by atoms with Crippen LogP contribution in [0.15, 0.2) is 28.7 Å². The first kappa shape index (κ1) is 12.5. The van der Waals surface area contributed by atoms with Gasteiger partial charge in [0.25, 0.3) is 0 Å². The fourth-order valence-electron chi connectivity index (χ4n) is 1.03. The monoisotopic (exact) mass is 290 g/mol. The van der Waals surface area contributed by atoms with E-state index < -0.39 is 0 Å². The van der Waals surface area contributed by atoms with Crippen molar-refractivity contribution < 1.29 is 9.53 Å². The van der Waals surface area contributed by atoms with Crippen LogP contribution in [0.25, 0.3) is 0 Å². The third-order valence-electron chi connectivity index (χ3n) is 1.84. The van der Waals surface area contributed by atoms with Gasteiger partial charge in [0.1, 0.15) is 0 Å². The summed E-state index contributed by atoms with van der Waals surface area (Å²) in [4.78, 5) is 11.4. The minimum absolute atomic E-state index is 0.280. The van der Waals surface area contributed by atoms with Crippen LogP contribution in [-0.2, 0) is 4.74 Å². The average Bonchev–Trinajstić information content (AvgIpc) is 2.25. The van der Waals surface area contributed by atoms with Crippen LogP contribution >= 0.6 is 27.5 Å². The topological polar surface area (TPSA) is 26.3 Å². The lowest BCUT2D eigenvalue weighted by molar-refractivity contribution is 0.0500. The van der Waals surface area contributed by atoms with Crippen molar-refractivity contribution in [3.63, 3.8) is 0 Å². The molecule has 0 bridgehead atoms. The fourth-order valence-corrected chi connectivity index (χ4v) is 1.48. The van der Waals surface area contributed by atoms with Crippen LogP contribution in [0.3, 0.4) is 0 Å². The Labute approximate surface area is 103 Å². The Kier molecular flexibility index (Phi) is 5.73. The summed E-state index contributed by atoms with van der Waals surface area (Å²) < 4.78 is 6.00. The number of carbonyl (C=O) groups excluding carboxylic acids is 1. The number of ether oxygens (including phenoxy) is 1. The molecule has 0 unspecified atom stereocenters. The molecular weight excluding hydrogens is 279 g/mol. The highest BCUT2D eigenvalue weighted by Crippen LogP contribution is 2.11. The second-order valence-corrected chi connectivity index (χ2v) is 4.33. The number of hydrogen-bond donors (Lipinski definition) is 0. The zero-order valence-electron chi connectivity index (χ0n) is 8.21. The van der Waals surface area contributed by atoms with Gasteiger partial charge in [-0.25, -0.2) is 4.79 Å². The molecule has 1 aromatic carbocycles. The van der Waals surface area contributed by atoms with Gasteiger partial charge in [-0.1, -0.05) is 15.9 Å². The summed E-state index contributed by atoms with van der Waals surface area (Å²) >= 11 is 8.81. The normalized spacial score (nSPS) is 10.0. The number of hydrogen-bond acceptors (Lipinski definition) is 2. The fraction of sp³-hybridized carbons (Fsp3) is 0.364. The molecule has 82 valence electrons. The van der Waals surface area contributed by atoms with Crippen molar-refractivity contribution in [1.29, 1.82) is 0 Å². The van der Waals surface area contributed by atoms with Crippen molar-refractivity contribution in [2.75, 3.05) is 12.5 Å². The Hall–Kier alpha value is -0.540. The van der Waals surface area contributed by atoms with Gasteiger partial charge in [-0.3, -0.25) is 0 Å². The lowest BCUT2D eigenvalue weighted by Gasteiger charge is -2.03. The molecule has 1 aromatic rings. The molecule has 0 spiro atoms. The number of halogens is 2. The number of unbranched alkanes of at least 4 members (excludes halogenated alkanes) is 1. The third-order valence-corrected chi connectivity index (χ3v) is 2.64. The Morgan fingerprint density at radius 3 is 2.53 bits per heavy atom. The Bertz CT molecular complexity index is 311. The SMILES string of the molecule is O=C(OCCCCCl)c1ccc(Br)cc1. The summed E-state index contributed by atoms with van der Waals surface area (Å²) in [6.07, 6.45) is 1.68. The lowest BCUT2D eigenvalue weighted by atomic mass is 10.2. The molecule has 0 aliphatic heterocycles. The average molecular weight is 292 g/mol. The minimum Gasteiger partial charge on any atom is -0.462 e. The highest BCUT2D eigenvalue weighted by Gasteiger charge is 2.05. The van der Waals surface area contributed by atoms with Crippen molar-refractivity contribution >= 4 is 33.5 Å². The van der Waals surface area contributed by atoms with E-state index >= 15 is 0 Å². The first-order chi connectivity index (χ1) is 7.24. The van der Waals surface area contributed by atoms with E-state index in [0.717, 1.165) is 17.3 Å². The van der Waals surface area contributed by atoms with E-state index in [4.69, 9.17) is 16.3 Å². The van der Waals surface area contributed by atoms with Crippen molar-refractivity contribution in [3.05, 3.63) is 34.3 Å². The molecule has 0 amide bonds. The number of benzene rings is 1. The minimum atomic E-state index is -0.280. The van der Waals surface area contributed by atoms with Gasteiger partial charge < -0.3 is 4.74 Å². The maximum atomic E-state index is 11.4. The number of alkyl halides is 1. The quantitative estimate of drug-likeness (QED) is 0.470. The summed E-state index contributed by atoms with van der Waals surface area (Å²) in [6.45, 7) is 0.432. The molecule has 0 atom stereocenters. The van der Waals surface area contributed by atoms with Crippen LogP contribution < -0.4 is 0 Å². The summed E-state index contributed by atoms with van der Waals surface area (Å²) in [5.74, 6) is 0.326. The molecule has 0 fully saturated rings. The second kappa shape index (κ2) is 6.85. The van der Waals surface area contributed by atoms with E-state index in [1.165, 1.54) is 0 Å². The van der Waals surface area contributed by atoms with Crippen molar-refractivity contribution in [3.8, 4) is 0 Å².